The summed E-state index contributed by atoms with van der Waals surface area (Å²) in [5.74, 6) is 4.65. The lowest BCUT2D eigenvalue weighted by Crippen LogP contribution is -3.00. The van der Waals surface area contributed by atoms with Crippen molar-refractivity contribution in [2.75, 3.05) is 0 Å². The number of hydrogen-bond donors (Lipinski definition) is 2. The number of amides is 1. The Morgan fingerprint density at radius 1 is 1.33 bits per heavy atom. The van der Waals surface area contributed by atoms with Crippen LogP contribution in [0, 0.1) is 0 Å². The van der Waals surface area contributed by atoms with E-state index in [1.54, 1.807) is 0 Å². The van der Waals surface area contributed by atoms with E-state index in [1.165, 1.54) is 4.57 Å². The van der Waals surface area contributed by atoms with E-state index in [9.17, 15) is 4.79 Å². The molecule has 0 radical (unpaired) electrons. The average Bonchev–Trinajstić information content (AvgIpc) is 2.41. The maximum Gasteiger partial charge on any atom is 0.233 e. The second-order valence-corrected chi connectivity index (χ2v) is 2.77. The normalized spacial score (nSPS) is 13.8. The Kier molecular flexibility index (Phi) is 4.11. The summed E-state index contributed by atoms with van der Waals surface area (Å²) < 4.78 is 39.0. The largest absolute Gasteiger partial charge is 1.00 e. The van der Waals surface area contributed by atoms with E-state index >= 15 is 0 Å². The standard InChI is InChI=1S/C10H15N3O.BrH/c11-12-10(14)6-2-5-9-13-7-3-1-4-8-13;/h1,3-4,7-8H,2,5-6,9,11H2;1H/i1D,3D,4D,7D,8D;. The Balaban J connectivity index is 0.00000361. The highest BCUT2D eigenvalue weighted by Gasteiger charge is 2.00. The first-order valence-electron chi connectivity index (χ1n) is 6.86. The van der Waals surface area contributed by atoms with Crippen LogP contribution in [0.25, 0.3) is 0 Å². The van der Waals surface area contributed by atoms with Crippen LogP contribution < -0.4 is 32.8 Å². The number of carbonyl (C=O) groups excluding carboxylic acids is 1. The van der Waals surface area contributed by atoms with Gasteiger partial charge in [-0.3, -0.25) is 10.2 Å². The molecule has 0 spiro atoms. The summed E-state index contributed by atoms with van der Waals surface area (Å²) in [4.78, 5) is 10.9. The van der Waals surface area contributed by atoms with Gasteiger partial charge in [-0.05, 0) is 6.42 Å². The number of halogens is 1. The van der Waals surface area contributed by atoms with E-state index in [0.29, 0.717) is 12.8 Å². The molecule has 15 heavy (non-hydrogen) atoms. The van der Waals surface area contributed by atoms with Crippen LogP contribution in [0.1, 0.15) is 26.1 Å². The van der Waals surface area contributed by atoms with Crippen molar-refractivity contribution in [3.8, 4) is 0 Å². The van der Waals surface area contributed by atoms with Gasteiger partial charge in [-0.25, -0.2) is 10.4 Å². The summed E-state index contributed by atoms with van der Waals surface area (Å²) in [7, 11) is 0. The zero-order chi connectivity index (χ0) is 14.6. The van der Waals surface area contributed by atoms with Gasteiger partial charge in [0.05, 0.1) is 4.11 Å². The van der Waals surface area contributed by atoms with E-state index in [2.05, 4.69) is 0 Å². The lowest BCUT2D eigenvalue weighted by atomic mass is 10.2. The molecule has 1 amide bonds. The summed E-state index contributed by atoms with van der Waals surface area (Å²) in [6.07, 6.45) is 0.781. The molecule has 84 valence electrons. The highest BCUT2D eigenvalue weighted by atomic mass is 79.9. The molecule has 0 saturated heterocycles. The van der Waals surface area contributed by atoms with Crippen LogP contribution in [0.2, 0.25) is 0 Å². The molecule has 0 aliphatic carbocycles. The topological polar surface area (TPSA) is 59.0 Å². The van der Waals surface area contributed by atoms with Gasteiger partial charge in [-0.2, -0.15) is 0 Å². The number of carbonyl (C=O) groups is 1. The first-order chi connectivity index (χ1) is 8.90. The minimum absolute atomic E-state index is 0. The molecule has 1 aromatic rings. The first-order valence-corrected chi connectivity index (χ1v) is 4.36. The number of unbranched alkanes of at least 4 members (excludes halogenated alkanes) is 1. The molecule has 1 aromatic heterocycles. The van der Waals surface area contributed by atoms with Gasteiger partial charge in [-0.1, -0.05) is 6.04 Å². The van der Waals surface area contributed by atoms with Gasteiger partial charge in [-0.15, -0.1) is 0 Å². The molecule has 0 aromatic carbocycles. The Labute approximate surface area is 107 Å². The Hall–Kier alpha value is -0.940. The molecule has 0 bridgehead atoms. The molecule has 1 heterocycles. The van der Waals surface area contributed by atoms with Crippen LogP contribution in [0.4, 0.5) is 0 Å². The number of pyridine rings is 1. The van der Waals surface area contributed by atoms with Crippen molar-refractivity contribution in [1.29, 1.82) is 0 Å². The van der Waals surface area contributed by atoms with Crippen molar-refractivity contribution in [3.63, 3.8) is 0 Å². The molecule has 1 rings (SSSR count). The molecule has 0 saturated carbocycles. The van der Waals surface area contributed by atoms with Crippen molar-refractivity contribution < 1.29 is 33.2 Å². The van der Waals surface area contributed by atoms with Crippen LogP contribution in [0.15, 0.2) is 30.5 Å². The number of aromatic nitrogens is 1. The summed E-state index contributed by atoms with van der Waals surface area (Å²) in [6, 6.07) is -1.13. The number of nitrogens with two attached hydrogens (primary N) is 1. The van der Waals surface area contributed by atoms with E-state index < -0.39 is 6.04 Å². The molecule has 4 nitrogen and oxygen atoms in total. The summed E-state index contributed by atoms with van der Waals surface area (Å²) in [6.45, 7) is 0.257. The zero-order valence-corrected chi connectivity index (χ0v) is 9.73. The van der Waals surface area contributed by atoms with Crippen LogP contribution in [-0.2, 0) is 11.3 Å². The minimum Gasteiger partial charge on any atom is -1.00 e. The summed E-state index contributed by atoms with van der Waals surface area (Å²) in [5.41, 5.74) is 2.01. The van der Waals surface area contributed by atoms with Gasteiger partial charge < -0.3 is 17.0 Å². The monoisotopic (exact) mass is 278 g/mol. The molecule has 3 N–H and O–H groups in total. The average molecular weight is 279 g/mol. The van der Waals surface area contributed by atoms with Crippen LogP contribution in [0.3, 0.4) is 0 Å². The number of hydrazine groups is 1. The van der Waals surface area contributed by atoms with Gasteiger partial charge in [0.2, 0.25) is 5.91 Å². The molecule has 0 fully saturated rings. The van der Waals surface area contributed by atoms with Crippen molar-refractivity contribution in [3.05, 3.63) is 30.5 Å². The van der Waals surface area contributed by atoms with Crippen LogP contribution in [-0.4, -0.2) is 5.91 Å². The number of nitrogens with one attached hydrogen (secondary N) is 1. The number of hydrogen-bond acceptors (Lipinski definition) is 2. The van der Waals surface area contributed by atoms with Crippen LogP contribution in [0.5, 0.6) is 0 Å². The lowest BCUT2D eigenvalue weighted by molar-refractivity contribution is -0.697. The van der Waals surface area contributed by atoms with Gasteiger partial charge in [0.1, 0.15) is 9.29 Å². The Morgan fingerprint density at radius 3 is 2.60 bits per heavy atom. The second-order valence-electron chi connectivity index (χ2n) is 2.77. The number of rotatable bonds is 5. The fraction of sp³-hybridized carbons (Fsp3) is 0.400. The Morgan fingerprint density at radius 2 is 2.00 bits per heavy atom. The van der Waals surface area contributed by atoms with Gasteiger partial charge in [0.15, 0.2) is 12.3 Å². The second kappa shape index (κ2) is 8.38. The molecule has 0 aliphatic heterocycles. The van der Waals surface area contributed by atoms with Gasteiger partial charge in [0.25, 0.3) is 0 Å². The van der Waals surface area contributed by atoms with E-state index in [1.807, 2.05) is 5.43 Å². The molecule has 0 aliphatic rings. The van der Waals surface area contributed by atoms with Crippen molar-refractivity contribution in [2.45, 2.75) is 25.8 Å². The SMILES string of the molecule is [2H]c1c([2H])c([2H])[n+](CCCCC(=O)NN)c([2H])c1[2H].[Br-]. The maximum absolute atomic E-state index is 10.9. The molecular weight excluding hydrogens is 258 g/mol. The predicted molar refractivity (Wildman–Crippen MR) is 52.8 cm³/mol. The van der Waals surface area contributed by atoms with Gasteiger partial charge in [0, 0.05) is 24.9 Å². The molecular formula is C10H16BrN3O. The van der Waals surface area contributed by atoms with E-state index in [-0.39, 0.29) is 60.3 Å². The third kappa shape index (κ3) is 6.19. The third-order valence-corrected chi connectivity index (χ3v) is 1.70. The maximum atomic E-state index is 10.9. The highest BCUT2D eigenvalue weighted by molar-refractivity contribution is 5.74. The molecule has 0 unspecified atom stereocenters. The van der Waals surface area contributed by atoms with Gasteiger partial charge >= 0.3 is 0 Å². The molecule has 0 atom stereocenters. The van der Waals surface area contributed by atoms with Crippen LogP contribution >= 0.6 is 0 Å². The summed E-state index contributed by atoms with van der Waals surface area (Å²) >= 11 is 0. The zero-order valence-electron chi connectivity index (χ0n) is 13.1. The highest BCUT2D eigenvalue weighted by Crippen LogP contribution is 1.94. The first kappa shape index (κ1) is 7.35. The minimum atomic E-state index is -0.409. The van der Waals surface area contributed by atoms with Crippen molar-refractivity contribution in [2.24, 2.45) is 5.84 Å². The lowest BCUT2D eigenvalue weighted by Gasteiger charge is -1.98. The smallest absolute Gasteiger partial charge is 0.233 e. The third-order valence-electron chi connectivity index (χ3n) is 1.70. The quantitative estimate of drug-likeness (QED) is 0.200. The fourth-order valence-electron chi connectivity index (χ4n) is 0.990. The van der Waals surface area contributed by atoms with Crippen molar-refractivity contribution >= 4 is 5.91 Å². The molecule has 5 heteroatoms. The summed E-state index contributed by atoms with van der Waals surface area (Å²) in [5, 5.41) is 0. The number of nitrogens with zero attached hydrogens (tertiary/aromatic N) is 1. The van der Waals surface area contributed by atoms with Crippen molar-refractivity contribution in [1.82, 2.24) is 5.43 Å². The Bertz CT molecular complexity index is 471. The van der Waals surface area contributed by atoms with E-state index in [4.69, 9.17) is 12.7 Å². The van der Waals surface area contributed by atoms with E-state index in [0.717, 1.165) is 0 Å². The predicted octanol–water partition coefficient (Wildman–Crippen LogP) is -2.86. The fourth-order valence-corrected chi connectivity index (χ4v) is 0.990.